The van der Waals surface area contributed by atoms with Crippen LogP contribution in [0.15, 0.2) is 34.9 Å². The van der Waals surface area contributed by atoms with Crippen LogP contribution in [0.1, 0.15) is 4.88 Å². The predicted octanol–water partition coefficient (Wildman–Crippen LogP) is 3.55. The number of anilines is 2. The third-order valence-electron chi connectivity index (χ3n) is 2.09. The van der Waals surface area contributed by atoms with Crippen LogP contribution in [-0.2, 0) is 0 Å². The van der Waals surface area contributed by atoms with Gasteiger partial charge in [-0.05, 0) is 18.2 Å². The molecule has 0 aliphatic heterocycles. The Bertz CT molecular complexity index is 544. The van der Waals surface area contributed by atoms with E-state index in [0.717, 1.165) is 15.3 Å². The van der Waals surface area contributed by atoms with Crippen LogP contribution in [0.2, 0.25) is 0 Å². The Morgan fingerprint density at radius 1 is 1.50 bits per heavy atom. The standard InChI is InChI=1S/C11H8BrN3S/c1-15(9-4-2-3-8(12)5-9)11-14-7-10(6-13)16-11/h2-5,7H,1H3. The smallest absolute Gasteiger partial charge is 0.190 e. The molecule has 0 bridgehead atoms. The number of hydrogen-bond acceptors (Lipinski definition) is 4. The lowest BCUT2D eigenvalue weighted by atomic mass is 10.3. The van der Waals surface area contributed by atoms with Crippen LogP contribution in [0.25, 0.3) is 0 Å². The summed E-state index contributed by atoms with van der Waals surface area (Å²) in [4.78, 5) is 6.78. The fourth-order valence-electron chi connectivity index (χ4n) is 1.27. The SMILES string of the molecule is CN(c1cccc(Br)c1)c1ncc(C#N)s1. The van der Waals surface area contributed by atoms with Gasteiger partial charge in [-0.1, -0.05) is 33.3 Å². The quantitative estimate of drug-likeness (QED) is 0.850. The summed E-state index contributed by atoms with van der Waals surface area (Å²) in [6, 6.07) is 10.0. The van der Waals surface area contributed by atoms with E-state index in [1.54, 1.807) is 6.20 Å². The molecule has 0 aliphatic rings. The van der Waals surface area contributed by atoms with Crippen LogP contribution in [0.5, 0.6) is 0 Å². The molecule has 2 aromatic rings. The zero-order valence-electron chi connectivity index (χ0n) is 8.51. The van der Waals surface area contributed by atoms with E-state index in [1.165, 1.54) is 11.3 Å². The van der Waals surface area contributed by atoms with E-state index in [0.29, 0.717) is 4.88 Å². The Balaban J connectivity index is 2.32. The molecule has 0 N–H and O–H groups in total. The Hall–Kier alpha value is -1.38. The second-order valence-corrected chi connectivity index (χ2v) is 5.08. The van der Waals surface area contributed by atoms with Crippen molar-refractivity contribution in [2.45, 2.75) is 0 Å². The molecule has 0 saturated carbocycles. The summed E-state index contributed by atoms with van der Waals surface area (Å²) < 4.78 is 1.02. The van der Waals surface area contributed by atoms with E-state index < -0.39 is 0 Å². The fourth-order valence-corrected chi connectivity index (χ4v) is 2.35. The second-order valence-electron chi connectivity index (χ2n) is 3.16. The first kappa shape index (κ1) is 11.1. The van der Waals surface area contributed by atoms with Gasteiger partial charge < -0.3 is 4.90 Å². The van der Waals surface area contributed by atoms with E-state index in [9.17, 15) is 0 Å². The number of thiazole rings is 1. The lowest BCUT2D eigenvalue weighted by Gasteiger charge is -2.15. The monoisotopic (exact) mass is 293 g/mol. The Labute approximate surface area is 106 Å². The van der Waals surface area contributed by atoms with Crippen molar-refractivity contribution in [3.63, 3.8) is 0 Å². The van der Waals surface area contributed by atoms with E-state index in [2.05, 4.69) is 27.0 Å². The molecule has 1 aromatic heterocycles. The molecular formula is C11H8BrN3S. The van der Waals surface area contributed by atoms with Crippen LogP contribution in [0, 0.1) is 11.3 Å². The molecule has 3 nitrogen and oxygen atoms in total. The van der Waals surface area contributed by atoms with Gasteiger partial charge >= 0.3 is 0 Å². The lowest BCUT2D eigenvalue weighted by Crippen LogP contribution is -2.08. The fraction of sp³-hybridized carbons (Fsp3) is 0.0909. The van der Waals surface area contributed by atoms with Gasteiger partial charge in [0.05, 0.1) is 6.20 Å². The lowest BCUT2D eigenvalue weighted by molar-refractivity contribution is 1.17. The van der Waals surface area contributed by atoms with Gasteiger partial charge in [0, 0.05) is 17.2 Å². The molecule has 0 spiro atoms. The predicted molar refractivity (Wildman–Crippen MR) is 69.0 cm³/mol. The van der Waals surface area contributed by atoms with E-state index in [4.69, 9.17) is 5.26 Å². The van der Waals surface area contributed by atoms with Crippen LogP contribution < -0.4 is 4.90 Å². The minimum Gasteiger partial charge on any atom is -0.321 e. The maximum Gasteiger partial charge on any atom is 0.190 e. The van der Waals surface area contributed by atoms with Crippen molar-refractivity contribution in [1.82, 2.24) is 4.98 Å². The topological polar surface area (TPSA) is 39.9 Å². The Kier molecular flexibility index (Phi) is 3.22. The highest BCUT2D eigenvalue weighted by Crippen LogP contribution is 2.29. The maximum atomic E-state index is 8.74. The van der Waals surface area contributed by atoms with Crippen molar-refractivity contribution in [2.24, 2.45) is 0 Å². The molecule has 0 radical (unpaired) electrons. The van der Waals surface area contributed by atoms with Crippen molar-refractivity contribution in [3.05, 3.63) is 39.8 Å². The molecule has 0 aliphatic carbocycles. The second kappa shape index (κ2) is 4.64. The highest BCUT2D eigenvalue weighted by molar-refractivity contribution is 9.10. The van der Waals surface area contributed by atoms with Crippen molar-refractivity contribution in [1.29, 1.82) is 5.26 Å². The molecule has 0 atom stereocenters. The van der Waals surface area contributed by atoms with Gasteiger partial charge in [-0.25, -0.2) is 4.98 Å². The molecule has 1 aromatic carbocycles. The third kappa shape index (κ3) is 2.23. The molecular weight excluding hydrogens is 286 g/mol. The molecule has 2 rings (SSSR count). The molecule has 0 amide bonds. The third-order valence-corrected chi connectivity index (χ3v) is 3.56. The van der Waals surface area contributed by atoms with Crippen LogP contribution in [-0.4, -0.2) is 12.0 Å². The highest BCUT2D eigenvalue weighted by Gasteiger charge is 2.08. The average molecular weight is 294 g/mol. The average Bonchev–Trinajstić information content (AvgIpc) is 2.76. The van der Waals surface area contributed by atoms with Gasteiger partial charge in [0.2, 0.25) is 0 Å². The summed E-state index contributed by atoms with van der Waals surface area (Å²) in [5.41, 5.74) is 1.04. The molecule has 0 unspecified atom stereocenters. The van der Waals surface area contributed by atoms with Crippen molar-refractivity contribution >= 4 is 38.1 Å². The number of nitriles is 1. The van der Waals surface area contributed by atoms with Gasteiger partial charge in [-0.3, -0.25) is 0 Å². The van der Waals surface area contributed by atoms with Crippen LogP contribution in [0.3, 0.4) is 0 Å². The van der Waals surface area contributed by atoms with Gasteiger partial charge in [0.25, 0.3) is 0 Å². The first-order chi connectivity index (χ1) is 7.70. The molecule has 0 fully saturated rings. The summed E-state index contributed by atoms with van der Waals surface area (Å²) in [5.74, 6) is 0. The normalized spacial score (nSPS) is 9.81. The minimum atomic E-state index is 0.622. The van der Waals surface area contributed by atoms with Gasteiger partial charge in [-0.15, -0.1) is 0 Å². The first-order valence-corrected chi connectivity index (χ1v) is 6.17. The van der Waals surface area contributed by atoms with E-state index >= 15 is 0 Å². The molecule has 5 heteroatoms. The van der Waals surface area contributed by atoms with Crippen molar-refractivity contribution in [2.75, 3.05) is 11.9 Å². The Morgan fingerprint density at radius 2 is 2.31 bits per heavy atom. The van der Waals surface area contributed by atoms with Crippen LogP contribution >= 0.6 is 27.3 Å². The molecule has 80 valence electrons. The summed E-state index contributed by atoms with van der Waals surface area (Å²) in [5, 5.41) is 9.56. The highest BCUT2D eigenvalue weighted by atomic mass is 79.9. The minimum absolute atomic E-state index is 0.622. The first-order valence-electron chi connectivity index (χ1n) is 4.56. The number of benzene rings is 1. The number of rotatable bonds is 2. The number of hydrogen-bond donors (Lipinski definition) is 0. The molecule has 0 saturated heterocycles. The number of aromatic nitrogens is 1. The van der Waals surface area contributed by atoms with Gasteiger partial charge in [0.15, 0.2) is 5.13 Å². The van der Waals surface area contributed by atoms with Crippen molar-refractivity contribution < 1.29 is 0 Å². The summed E-state index contributed by atoms with van der Waals surface area (Å²) in [6.07, 6.45) is 1.59. The molecule has 16 heavy (non-hydrogen) atoms. The number of halogens is 1. The number of nitrogens with zero attached hydrogens (tertiary/aromatic N) is 3. The summed E-state index contributed by atoms with van der Waals surface area (Å²) in [7, 11) is 1.93. The summed E-state index contributed by atoms with van der Waals surface area (Å²) >= 11 is 4.81. The Morgan fingerprint density at radius 3 is 2.94 bits per heavy atom. The van der Waals surface area contributed by atoms with E-state index in [1.807, 2.05) is 36.2 Å². The molecule has 1 heterocycles. The zero-order chi connectivity index (χ0) is 11.5. The van der Waals surface area contributed by atoms with E-state index in [-0.39, 0.29) is 0 Å². The zero-order valence-corrected chi connectivity index (χ0v) is 10.9. The summed E-state index contributed by atoms with van der Waals surface area (Å²) in [6.45, 7) is 0. The van der Waals surface area contributed by atoms with Crippen molar-refractivity contribution in [3.8, 4) is 6.07 Å². The maximum absolute atomic E-state index is 8.74. The van der Waals surface area contributed by atoms with Gasteiger partial charge in [0.1, 0.15) is 10.9 Å². The van der Waals surface area contributed by atoms with Crippen LogP contribution in [0.4, 0.5) is 10.8 Å². The largest absolute Gasteiger partial charge is 0.321 e. The van der Waals surface area contributed by atoms with Gasteiger partial charge in [-0.2, -0.15) is 5.26 Å².